The van der Waals surface area contributed by atoms with E-state index in [1.165, 1.54) is 23.5 Å². The number of benzene rings is 2. The third kappa shape index (κ3) is 3.88. The zero-order valence-electron chi connectivity index (χ0n) is 13.1. The molecular weight excluding hydrogens is 349 g/mol. The van der Waals surface area contributed by atoms with Gasteiger partial charge in [0.25, 0.3) is 5.91 Å². The Hall–Kier alpha value is -2.67. The Morgan fingerprint density at radius 2 is 1.68 bits per heavy atom. The smallest absolute Gasteiger partial charge is 0.321 e. The predicted octanol–water partition coefficient (Wildman–Crippen LogP) is 5.39. The fourth-order valence-electron chi connectivity index (χ4n) is 2.24. The van der Waals surface area contributed by atoms with Crippen molar-refractivity contribution in [2.24, 2.45) is 0 Å². The van der Waals surface area contributed by atoms with E-state index in [4.69, 9.17) is 0 Å². The molecule has 1 N–H and O–H groups in total. The standard InChI is InChI=1S/C18H13F3N2OS/c1-11-15(25-17(22-11)12-5-3-2-4-6-12)16(24)23-14-9-7-13(8-10-14)18(19,20)21/h2-10H,1H3,(H,23,24). The minimum absolute atomic E-state index is 0.298. The highest BCUT2D eigenvalue weighted by Gasteiger charge is 2.30. The molecule has 0 aliphatic rings. The van der Waals surface area contributed by atoms with Gasteiger partial charge in [-0.25, -0.2) is 4.98 Å². The summed E-state index contributed by atoms with van der Waals surface area (Å²) in [4.78, 5) is 17.2. The van der Waals surface area contributed by atoms with Crippen LogP contribution in [0.15, 0.2) is 54.6 Å². The lowest BCUT2D eigenvalue weighted by Crippen LogP contribution is -2.12. The third-order valence-electron chi connectivity index (χ3n) is 3.49. The number of aryl methyl sites for hydroxylation is 1. The monoisotopic (exact) mass is 362 g/mol. The zero-order valence-corrected chi connectivity index (χ0v) is 13.9. The normalized spacial score (nSPS) is 11.4. The molecule has 0 spiro atoms. The molecule has 3 rings (SSSR count). The molecule has 0 unspecified atom stereocenters. The molecule has 1 aromatic heterocycles. The summed E-state index contributed by atoms with van der Waals surface area (Å²) in [5.74, 6) is -0.392. The summed E-state index contributed by atoms with van der Waals surface area (Å²) in [6.07, 6.45) is -4.40. The number of amides is 1. The number of thiazole rings is 1. The van der Waals surface area contributed by atoms with Crippen LogP contribution in [0.5, 0.6) is 0 Å². The van der Waals surface area contributed by atoms with Gasteiger partial charge in [-0.3, -0.25) is 4.79 Å². The van der Waals surface area contributed by atoms with Crippen LogP contribution in [-0.2, 0) is 6.18 Å². The van der Waals surface area contributed by atoms with Gasteiger partial charge in [0, 0.05) is 11.3 Å². The lowest BCUT2D eigenvalue weighted by atomic mass is 10.2. The van der Waals surface area contributed by atoms with Crippen molar-refractivity contribution < 1.29 is 18.0 Å². The van der Waals surface area contributed by atoms with Gasteiger partial charge in [0.15, 0.2) is 0 Å². The van der Waals surface area contributed by atoms with Gasteiger partial charge in [-0.05, 0) is 31.2 Å². The maximum Gasteiger partial charge on any atom is 0.416 e. The van der Waals surface area contributed by atoms with Crippen molar-refractivity contribution in [1.82, 2.24) is 4.98 Å². The summed E-state index contributed by atoms with van der Waals surface area (Å²) in [5, 5.41) is 3.32. The highest BCUT2D eigenvalue weighted by molar-refractivity contribution is 7.17. The minimum atomic E-state index is -4.40. The minimum Gasteiger partial charge on any atom is -0.321 e. The molecule has 0 aliphatic heterocycles. The topological polar surface area (TPSA) is 42.0 Å². The second-order valence-corrected chi connectivity index (χ2v) is 6.33. The first-order valence-corrected chi connectivity index (χ1v) is 8.18. The van der Waals surface area contributed by atoms with Gasteiger partial charge in [-0.2, -0.15) is 13.2 Å². The SMILES string of the molecule is Cc1nc(-c2ccccc2)sc1C(=O)Nc1ccc(C(F)(F)F)cc1. The van der Waals surface area contributed by atoms with Gasteiger partial charge in [-0.1, -0.05) is 30.3 Å². The Balaban J connectivity index is 1.79. The number of rotatable bonds is 3. The van der Waals surface area contributed by atoms with E-state index < -0.39 is 17.6 Å². The van der Waals surface area contributed by atoms with Crippen LogP contribution < -0.4 is 5.32 Å². The summed E-state index contributed by atoms with van der Waals surface area (Å²) in [6, 6.07) is 13.8. The third-order valence-corrected chi connectivity index (χ3v) is 4.70. The van der Waals surface area contributed by atoms with Crippen LogP contribution in [0.2, 0.25) is 0 Å². The molecular formula is C18H13F3N2OS. The average Bonchev–Trinajstić information content (AvgIpc) is 2.97. The maximum atomic E-state index is 12.6. The van der Waals surface area contributed by atoms with Crippen LogP contribution in [0, 0.1) is 6.92 Å². The number of carbonyl (C=O) groups is 1. The Morgan fingerprint density at radius 3 is 2.28 bits per heavy atom. The first-order valence-electron chi connectivity index (χ1n) is 7.36. The summed E-state index contributed by atoms with van der Waals surface area (Å²) in [6.45, 7) is 1.73. The molecule has 0 saturated carbocycles. The molecule has 1 heterocycles. The Kier molecular flexibility index (Phi) is 4.59. The molecule has 0 aliphatic carbocycles. The van der Waals surface area contributed by atoms with Crippen molar-refractivity contribution in [3.8, 4) is 10.6 Å². The average molecular weight is 362 g/mol. The summed E-state index contributed by atoms with van der Waals surface area (Å²) in [7, 11) is 0. The molecule has 0 atom stereocenters. The molecule has 128 valence electrons. The van der Waals surface area contributed by atoms with E-state index in [0.717, 1.165) is 22.7 Å². The highest BCUT2D eigenvalue weighted by atomic mass is 32.1. The van der Waals surface area contributed by atoms with Crippen LogP contribution in [-0.4, -0.2) is 10.9 Å². The zero-order chi connectivity index (χ0) is 18.0. The molecule has 1 amide bonds. The van der Waals surface area contributed by atoms with Crippen LogP contribution in [0.25, 0.3) is 10.6 Å². The van der Waals surface area contributed by atoms with Crippen LogP contribution in [0.4, 0.5) is 18.9 Å². The second kappa shape index (κ2) is 6.68. The number of nitrogens with one attached hydrogen (secondary N) is 1. The maximum absolute atomic E-state index is 12.6. The summed E-state index contributed by atoms with van der Waals surface area (Å²) < 4.78 is 37.7. The van der Waals surface area contributed by atoms with Gasteiger partial charge < -0.3 is 5.32 Å². The number of aromatic nitrogens is 1. The molecule has 3 aromatic rings. The van der Waals surface area contributed by atoms with E-state index in [1.54, 1.807) is 6.92 Å². The Bertz CT molecular complexity index is 887. The fraction of sp³-hybridized carbons (Fsp3) is 0.111. The lowest BCUT2D eigenvalue weighted by molar-refractivity contribution is -0.137. The Morgan fingerprint density at radius 1 is 1.04 bits per heavy atom. The molecule has 0 bridgehead atoms. The van der Waals surface area contributed by atoms with E-state index >= 15 is 0 Å². The number of hydrogen-bond donors (Lipinski definition) is 1. The number of hydrogen-bond acceptors (Lipinski definition) is 3. The molecule has 0 saturated heterocycles. The molecule has 2 aromatic carbocycles. The van der Waals surface area contributed by atoms with Gasteiger partial charge in [0.2, 0.25) is 0 Å². The number of alkyl halides is 3. The molecule has 25 heavy (non-hydrogen) atoms. The number of halogens is 3. The molecule has 0 fully saturated rings. The van der Waals surface area contributed by atoms with Gasteiger partial charge >= 0.3 is 6.18 Å². The van der Waals surface area contributed by atoms with Crippen molar-refractivity contribution in [2.45, 2.75) is 13.1 Å². The quantitative estimate of drug-likeness (QED) is 0.679. The van der Waals surface area contributed by atoms with Crippen molar-refractivity contribution >= 4 is 22.9 Å². The molecule has 7 heteroatoms. The largest absolute Gasteiger partial charge is 0.416 e. The van der Waals surface area contributed by atoms with E-state index in [1.807, 2.05) is 30.3 Å². The summed E-state index contributed by atoms with van der Waals surface area (Å²) >= 11 is 1.24. The van der Waals surface area contributed by atoms with Crippen molar-refractivity contribution in [1.29, 1.82) is 0 Å². The van der Waals surface area contributed by atoms with Crippen molar-refractivity contribution in [3.63, 3.8) is 0 Å². The number of nitrogens with zero attached hydrogens (tertiary/aromatic N) is 1. The van der Waals surface area contributed by atoms with Gasteiger partial charge in [0.05, 0.1) is 11.3 Å². The first-order chi connectivity index (χ1) is 11.8. The van der Waals surface area contributed by atoms with Crippen LogP contribution in [0.3, 0.4) is 0 Å². The van der Waals surface area contributed by atoms with Crippen molar-refractivity contribution in [2.75, 3.05) is 5.32 Å². The predicted molar refractivity (Wildman–Crippen MR) is 91.7 cm³/mol. The van der Waals surface area contributed by atoms with Crippen LogP contribution >= 0.6 is 11.3 Å². The van der Waals surface area contributed by atoms with E-state index in [9.17, 15) is 18.0 Å². The lowest BCUT2D eigenvalue weighted by Gasteiger charge is -2.08. The van der Waals surface area contributed by atoms with Crippen LogP contribution in [0.1, 0.15) is 20.9 Å². The number of carbonyl (C=O) groups excluding carboxylic acids is 1. The summed E-state index contributed by atoms with van der Waals surface area (Å²) in [5.41, 5.74) is 1.02. The Labute approximate surface area is 146 Å². The first kappa shape index (κ1) is 17.2. The molecule has 3 nitrogen and oxygen atoms in total. The van der Waals surface area contributed by atoms with Crippen molar-refractivity contribution in [3.05, 3.63) is 70.7 Å². The highest BCUT2D eigenvalue weighted by Crippen LogP contribution is 2.31. The molecule has 0 radical (unpaired) electrons. The van der Waals surface area contributed by atoms with E-state index in [0.29, 0.717) is 16.3 Å². The van der Waals surface area contributed by atoms with E-state index in [-0.39, 0.29) is 0 Å². The number of anilines is 1. The fourth-order valence-corrected chi connectivity index (χ4v) is 3.21. The van der Waals surface area contributed by atoms with Gasteiger partial charge in [-0.15, -0.1) is 11.3 Å². The second-order valence-electron chi connectivity index (χ2n) is 5.33. The van der Waals surface area contributed by atoms with E-state index in [2.05, 4.69) is 10.3 Å². The van der Waals surface area contributed by atoms with Gasteiger partial charge in [0.1, 0.15) is 9.88 Å².